The van der Waals surface area contributed by atoms with Gasteiger partial charge >= 0.3 is 5.97 Å². The summed E-state index contributed by atoms with van der Waals surface area (Å²) in [5.41, 5.74) is -1.42. The molecule has 0 aromatic carbocycles. The molecule has 144 valence electrons. The van der Waals surface area contributed by atoms with Crippen molar-refractivity contribution in [1.82, 2.24) is 0 Å². The minimum Gasteiger partial charge on any atom is -0.460 e. The molecule has 2 bridgehead atoms. The van der Waals surface area contributed by atoms with Gasteiger partial charge in [0.25, 0.3) is 0 Å². The summed E-state index contributed by atoms with van der Waals surface area (Å²) in [7, 11) is 0. The van der Waals surface area contributed by atoms with Crippen molar-refractivity contribution in [3.63, 3.8) is 0 Å². The summed E-state index contributed by atoms with van der Waals surface area (Å²) >= 11 is 0. The molecule has 3 aliphatic rings. The number of rotatable bonds is 5. The summed E-state index contributed by atoms with van der Waals surface area (Å²) in [5.74, 6) is 4.75. The smallest absolute Gasteiger partial charge is 0.309 e. The molecule has 3 aliphatic carbocycles. The van der Waals surface area contributed by atoms with Gasteiger partial charge < -0.3 is 9.84 Å². The van der Waals surface area contributed by atoms with E-state index >= 15 is 0 Å². The summed E-state index contributed by atoms with van der Waals surface area (Å²) in [6.45, 7) is 12.2. The van der Waals surface area contributed by atoms with E-state index in [1.54, 1.807) is 0 Å². The molecule has 0 aliphatic heterocycles. The molecular formula is C22H38O3. The van der Waals surface area contributed by atoms with E-state index in [4.69, 9.17) is 4.74 Å². The van der Waals surface area contributed by atoms with Crippen molar-refractivity contribution in [2.24, 2.45) is 41.4 Å². The predicted molar refractivity (Wildman–Crippen MR) is 99.9 cm³/mol. The lowest BCUT2D eigenvalue weighted by Crippen LogP contribution is -2.45. The van der Waals surface area contributed by atoms with Crippen molar-refractivity contribution < 1.29 is 14.6 Å². The Morgan fingerprint density at radius 3 is 2.16 bits per heavy atom. The molecule has 25 heavy (non-hydrogen) atoms. The highest BCUT2D eigenvalue weighted by molar-refractivity contribution is 5.71. The molecule has 8 atom stereocenters. The zero-order valence-electron chi connectivity index (χ0n) is 17.0. The van der Waals surface area contributed by atoms with Gasteiger partial charge in [-0.05, 0) is 88.4 Å². The Morgan fingerprint density at radius 1 is 1.00 bits per heavy atom. The van der Waals surface area contributed by atoms with Crippen molar-refractivity contribution >= 4 is 5.97 Å². The van der Waals surface area contributed by atoms with Crippen LogP contribution >= 0.6 is 0 Å². The molecule has 3 heteroatoms. The zero-order chi connectivity index (χ0) is 18.6. The summed E-state index contributed by atoms with van der Waals surface area (Å²) < 4.78 is 5.48. The standard InChI is InChI=1S/C22H38O3/c1-7-13-9-14(8-2)20-16-10-15(19(13)20)11-17(16)22(6,24)12-18(23)25-21(3,4)5/h13-17,19-20,24H,7-12H2,1-6H3. The van der Waals surface area contributed by atoms with Crippen molar-refractivity contribution in [3.05, 3.63) is 0 Å². The Kier molecular flexibility index (Phi) is 5.03. The highest BCUT2D eigenvalue weighted by atomic mass is 16.6. The number of esters is 1. The van der Waals surface area contributed by atoms with Gasteiger partial charge in [0.05, 0.1) is 12.0 Å². The second-order valence-corrected chi connectivity index (χ2v) is 10.3. The Morgan fingerprint density at radius 2 is 1.60 bits per heavy atom. The maximum Gasteiger partial charge on any atom is 0.309 e. The van der Waals surface area contributed by atoms with Crippen LogP contribution in [0.4, 0.5) is 0 Å². The van der Waals surface area contributed by atoms with Crippen LogP contribution in [0.15, 0.2) is 0 Å². The largest absolute Gasteiger partial charge is 0.460 e. The molecule has 0 spiro atoms. The highest BCUT2D eigenvalue weighted by Crippen LogP contribution is 2.67. The third-order valence-electron chi connectivity index (χ3n) is 7.60. The van der Waals surface area contributed by atoms with Gasteiger partial charge in [-0.3, -0.25) is 4.79 Å². The molecule has 0 amide bonds. The lowest BCUT2D eigenvalue weighted by Gasteiger charge is -2.42. The first-order valence-corrected chi connectivity index (χ1v) is 10.5. The van der Waals surface area contributed by atoms with Crippen molar-refractivity contribution in [3.8, 4) is 0 Å². The second kappa shape index (κ2) is 6.55. The number of carbonyl (C=O) groups excluding carboxylic acids is 1. The van der Waals surface area contributed by atoms with Crippen LogP contribution < -0.4 is 0 Å². The predicted octanol–water partition coefficient (Wildman–Crippen LogP) is 4.81. The summed E-state index contributed by atoms with van der Waals surface area (Å²) in [4.78, 5) is 12.3. The number of carbonyl (C=O) groups is 1. The zero-order valence-corrected chi connectivity index (χ0v) is 17.0. The monoisotopic (exact) mass is 350 g/mol. The first-order chi connectivity index (χ1) is 11.6. The van der Waals surface area contributed by atoms with Crippen LogP contribution in [0.5, 0.6) is 0 Å². The molecule has 0 aromatic rings. The van der Waals surface area contributed by atoms with Gasteiger partial charge in [-0.15, -0.1) is 0 Å². The van der Waals surface area contributed by atoms with Crippen LogP contribution in [0.25, 0.3) is 0 Å². The van der Waals surface area contributed by atoms with Crippen molar-refractivity contribution in [1.29, 1.82) is 0 Å². The topological polar surface area (TPSA) is 46.5 Å². The lowest BCUT2D eigenvalue weighted by molar-refractivity contribution is -0.163. The molecule has 1 N–H and O–H groups in total. The van der Waals surface area contributed by atoms with E-state index in [2.05, 4.69) is 13.8 Å². The minimum atomic E-state index is -0.935. The van der Waals surface area contributed by atoms with Crippen LogP contribution in [-0.4, -0.2) is 22.3 Å². The first-order valence-electron chi connectivity index (χ1n) is 10.5. The average molecular weight is 351 g/mol. The summed E-state index contributed by atoms with van der Waals surface area (Å²) in [5, 5.41) is 11.2. The summed E-state index contributed by atoms with van der Waals surface area (Å²) in [6, 6.07) is 0. The fraction of sp³-hybridized carbons (Fsp3) is 0.955. The van der Waals surface area contributed by atoms with Crippen LogP contribution in [-0.2, 0) is 9.53 Å². The van der Waals surface area contributed by atoms with Gasteiger partial charge in [-0.25, -0.2) is 0 Å². The third kappa shape index (κ3) is 3.50. The Labute approximate surface area is 153 Å². The maximum atomic E-state index is 12.3. The number of fused-ring (bicyclic) bond motifs is 5. The highest BCUT2D eigenvalue weighted by Gasteiger charge is 2.62. The van der Waals surface area contributed by atoms with Gasteiger partial charge in [0, 0.05) is 0 Å². The average Bonchev–Trinajstić information content (AvgIpc) is 3.14. The van der Waals surface area contributed by atoms with Gasteiger partial charge in [0.1, 0.15) is 5.60 Å². The van der Waals surface area contributed by atoms with Crippen LogP contribution in [0, 0.1) is 41.4 Å². The van der Waals surface area contributed by atoms with E-state index in [9.17, 15) is 9.90 Å². The van der Waals surface area contributed by atoms with Gasteiger partial charge in [0.15, 0.2) is 0 Å². The first kappa shape index (κ1) is 19.2. The molecule has 3 fully saturated rings. The Balaban J connectivity index is 1.72. The molecule has 3 rings (SSSR count). The fourth-order valence-corrected chi connectivity index (χ4v) is 6.91. The number of aliphatic hydroxyl groups is 1. The molecule has 0 saturated heterocycles. The van der Waals surface area contributed by atoms with Crippen molar-refractivity contribution in [2.75, 3.05) is 0 Å². The molecule has 0 aromatic heterocycles. The van der Waals surface area contributed by atoms with Crippen LogP contribution in [0.3, 0.4) is 0 Å². The van der Waals surface area contributed by atoms with Gasteiger partial charge in [-0.2, -0.15) is 0 Å². The van der Waals surface area contributed by atoms with Crippen LogP contribution in [0.1, 0.15) is 80.1 Å². The van der Waals surface area contributed by atoms with Gasteiger partial charge in [0.2, 0.25) is 0 Å². The third-order valence-corrected chi connectivity index (χ3v) is 7.60. The van der Waals surface area contributed by atoms with Crippen LogP contribution in [0.2, 0.25) is 0 Å². The Bertz CT molecular complexity index is 504. The maximum absolute atomic E-state index is 12.3. The van der Waals surface area contributed by atoms with E-state index in [0.29, 0.717) is 5.92 Å². The second-order valence-electron chi connectivity index (χ2n) is 10.3. The lowest BCUT2D eigenvalue weighted by atomic mass is 9.65. The van der Waals surface area contributed by atoms with E-state index in [-0.39, 0.29) is 18.3 Å². The minimum absolute atomic E-state index is 0.129. The molecule has 3 saturated carbocycles. The van der Waals surface area contributed by atoms with Crippen molar-refractivity contribution in [2.45, 2.75) is 91.3 Å². The van der Waals surface area contributed by atoms with E-state index < -0.39 is 11.2 Å². The van der Waals surface area contributed by atoms with E-state index in [1.165, 1.54) is 25.7 Å². The Hall–Kier alpha value is -0.570. The quantitative estimate of drug-likeness (QED) is 0.724. The van der Waals surface area contributed by atoms with E-state index in [1.807, 2.05) is 27.7 Å². The number of hydrogen-bond donors (Lipinski definition) is 1. The fourth-order valence-electron chi connectivity index (χ4n) is 6.91. The number of ether oxygens (including phenoxy) is 1. The molecule has 3 nitrogen and oxygen atoms in total. The molecule has 0 heterocycles. The normalized spacial score (nSPS) is 42.3. The SMILES string of the molecule is CCC1CC(CC)C2C3CC(CC3C(C)(O)CC(=O)OC(C)(C)C)C12. The molecule has 8 unspecified atom stereocenters. The molecular weight excluding hydrogens is 312 g/mol. The summed E-state index contributed by atoms with van der Waals surface area (Å²) in [6.07, 6.45) is 6.47. The molecule has 0 radical (unpaired) electrons. The van der Waals surface area contributed by atoms with E-state index in [0.717, 1.165) is 36.0 Å². The van der Waals surface area contributed by atoms with Gasteiger partial charge in [-0.1, -0.05) is 26.7 Å². The number of hydrogen-bond acceptors (Lipinski definition) is 3.